The van der Waals surface area contributed by atoms with Crippen molar-refractivity contribution in [2.75, 3.05) is 5.32 Å². The number of benzene rings is 2. The van der Waals surface area contributed by atoms with E-state index in [2.05, 4.69) is 10.3 Å². The van der Waals surface area contributed by atoms with Crippen LogP contribution in [0.3, 0.4) is 0 Å². The van der Waals surface area contributed by atoms with E-state index >= 15 is 0 Å². The molecule has 28 heavy (non-hydrogen) atoms. The summed E-state index contributed by atoms with van der Waals surface area (Å²) in [5.74, 6) is -1.04. The number of carbonyl (C=O) groups excluding carboxylic acids is 2. The molecule has 1 atom stereocenters. The molecule has 0 unspecified atom stereocenters. The highest BCUT2D eigenvalue weighted by molar-refractivity contribution is 7.17. The summed E-state index contributed by atoms with van der Waals surface area (Å²) < 4.78 is 5.31. The van der Waals surface area contributed by atoms with Crippen LogP contribution in [0.5, 0.6) is 0 Å². The molecule has 0 aliphatic carbocycles. The molecule has 140 valence electrons. The normalized spacial score (nSPS) is 11.3. The molecule has 0 aliphatic rings. The lowest BCUT2D eigenvalue weighted by molar-refractivity contribution is -0.123. The number of aromatic nitrogens is 1. The zero-order valence-corrected chi connectivity index (χ0v) is 16.1. The van der Waals surface area contributed by atoms with Gasteiger partial charge in [0.25, 0.3) is 5.91 Å². The maximum atomic E-state index is 12.5. The third-order valence-electron chi connectivity index (χ3n) is 3.94. The first-order valence-corrected chi connectivity index (χ1v) is 9.34. The lowest BCUT2D eigenvalue weighted by Gasteiger charge is -2.13. The number of anilines is 1. The van der Waals surface area contributed by atoms with Crippen molar-refractivity contribution in [2.24, 2.45) is 0 Å². The lowest BCUT2D eigenvalue weighted by atomic mass is 10.2. The molecule has 6 nitrogen and oxygen atoms in total. The Balaban J connectivity index is 1.66. The second kappa shape index (κ2) is 8.46. The summed E-state index contributed by atoms with van der Waals surface area (Å²) in [6, 6.07) is 18.0. The van der Waals surface area contributed by atoms with Crippen LogP contribution in [0.2, 0.25) is 0 Å². The number of amides is 1. The van der Waals surface area contributed by atoms with Crippen molar-refractivity contribution < 1.29 is 14.3 Å². The first-order chi connectivity index (χ1) is 13.5. The number of nitrogens with one attached hydrogen (secondary N) is 1. The quantitative estimate of drug-likeness (QED) is 0.659. The van der Waals surface area contributed by atoms with E-state index in [-0.39, 0.29) is 0 Å². The van der Waals surface area contributed by atoms with Gasteiger partial charge in [-0.25, -0.2) is 9.78 Å². The average molecular weight is 391 g/mol. The van der Waals surface area contributed by atoms with Gasteiger partial charge in [-0.1, -0.05) is 30.3 Å². The Bertz CT molecular complexity index is 1040. The minimum atomic E-state index is -0.982. The smallest absolute Gasteiger partial charge is 0.351 e. The van der Waals surface area contributed by atoms with Gasteiger partial charge in [0.15, 0.2) is 6.10 Å². The van der Waals surface area contributed by atoms with Gasteiger partial charge in [-0.2, -0.15) is 5.26 Å². The number of ether oxygens (including phenoxy) is 1. The van der Waals surface area contributed by atoms with Gasteiger partial charge in [0, 0.05) is 11.3 Å². The van der Waals surface area contributed by atoms with Crippen molar-refractivity contribution in [3.63, 3.8) is 0 Å². The molecule has 0 saturated carbocycles. The Morgan fingerprint density at radius 1 is 1.14 bits per heavy atom. The molecule has 0 spiro atoms. The molecule has 1 N–H and O–H groups in total. The van der Waals surface area contributed by atoms with Crippen LogP contribution in [0.1, 0.15) is 27.9 Å². The number of carbonyl (C=O) groups is 2. The molecule has 1 amide bonds. The Labute approximate surface area is 166 Å². The first kappa shape index (κ1) is 19.3. The second-order valence-corrected chi connectivity index (χ2v) is 7.02. The minimum absolute atomic E-state index is 0.372. The van der Waals surface area contributed by atoms with E-state index in [1.807, 2.05) is 36.4 Å². The van der Waals surface area contributed by atoms with Crippen LogP contribution in [-0.4, -0.2) is 23.0 Å². The Kier molecular flexibility index (Phi) is 5.82. The van der Waals surface area contributed by atoms with Crippen molar-refractivity contribution >= 4 is 28.9 Å². The highest BCUT2D eigenvalue weighted by Gasteiger charge is 2.23. The highest BCUT2D eigenvalue weighted by Crippen LogP contribution is 2.28. The predicted octanol–water partition coefficient (Wildman–Crippen LogP) is 4.17. The summed E-state index contributed by atoms with van der Waals surface area (Å²) in [6.45, 7) is 3.24. The Hall–Kier alpha value is -3.50. The third kappa shape index (κ3) is 4.42. The standard InChI is InChI=1S/C21H17N3O3S/c1-13-18(28-20(23-13)16-6-4-3-5-7-16)21(26)27-14(2)19(25)24-17-10-8-15(12-22)9-11-17/h3-11,14H,1-2H3,(H,24,25)/t14-/m0/s1. The number of hydrogen-bond acceptors (Lipinski definition) is 6. The summed E-state index contributed by atoms with van der Waals surface area (Å²) in [6.07, 6.45) is -0.982. The number of esters is 1. The summed E-state index contributed by atoms with van der Waals surface area (Å²) >= 11 is 1.23. The fourth-order valence-corrected chi connectivity index (χ4v) is 3.38. The van der Waals surface area contributed by atoms with Gasteiger partial charge in [-0.15, -0.1) is 11.3 Å². The molecule has 1 heterocycles. The lowest BCUT2D eigenvalue weighted by Crippen LogP contribution is -2.29. The zero-order chi connectivity index (χ0) is 20.1. The van der Waals surface area contributed by atoms with Gasteiger partial charge in [-0.05, 0) is 38.1 Å². The van der Waals surface area contributed by atoms with E-state index in [1.54, 1.807) is 31.2 Å². The van der Waals surface area contributed by atoms with Gasteiger partial charge in [0.2, 0.25) is 0 Å². The molecule has 7 heteroatoms. The van der Waals surface area contributed by atoms with Gasteiger partial charge in [0.05, 0.1) is 17.3 Å². The monoisotopic (exact) mass is 391 g/mol. The minimum Gasteiger partial charge on any atom is -0.448 e. The fraction of sp³-hybridized carbons (Fsp3) is 0.143. The van der Waals surface area contributed by atoms with Crippen LogP contribution in [0.4, 0.5) is 5.69 Å². The summed E-state index contributed by atoms with van der Waals surface area (Å²) in [5.41, 5.74) is 2.49. The summed E-state index contributed by atoms with van der Waals surface area (Å²) in [5, 5.41) is 12.2. The molecule has 3 aromatic rings. The molecule has 2 aromatic carbocycles. The van der Waals surface area contributed by atoms with Gasteiger partial charge in [0.1, 0.15) is 9.88 Å². The zero-order valence-electron chi connectivity index (χ0n) is 15.3. The second-order valence-electron chi connectivity index (χ2n) is 6.03. The molecule has 1 aromatic heterocycles. The van der Waals surface area contributed by atoms with Crippen LogP contribution in [0.25, 0.3) is 10.6 Å². The van der Waals surface area contributed by atoms with Crippen molar-refractivity contribution in [3.05, 3.63) is 70.7 Å². The third-order valence-corrected chi connectivity index (χ3v) is 5.12. The van der Waals surface area contributed by atoms with Crippen LogP contribution < -0.4 is 5.32 Å². The summed E-state index contributed by atoms with van der Waals surface area (Å²) in [4.78, 5) is 29.6. The van der Waals surface area contributed by atoms with Crippen molar-refractivity contribution in [2.45, 2.75) is 20.0 Å². The van der Waals surface area contributed by atoms with Gasteiger partial charge < -0.3 is 10.1 Å². The molecule has 0 saturated heterocycles. The largest absolute Gasteiger partial charge is 0.448 e. The average Bonchev–Trinajstić information content (AvgIpc) is 3.11. The van der Waals surface area contributed by atoms with E-state index in [4.69, 9.17) is 10.00 Å². The topological polar surface area (TPSA) is 92.1 Å². The van der Waals surface area contributed by atoms with Crippen LogP contribution in [0, 0.1) is 18.3 Å². The molecule has 0 aliphatic heterocycles. The van der Waals surface area contributed by atoms with E-state index in [1.165, 1.54) is 18.3 Å². The molecule has 0 radical (unpaired) electrons. The molecule has 3 rings (SSSR count). The van der Waals surface area contributed by atoms with E-state index in [9.17, 15) is 9.59 Å². The number of hydrogen-bond donors (Lipinski definition) is 1. The predicted molar refractivity (Wildman–Crippen MR) is 107 cm³/mol. The van der Waals surface area contributed by atoms with Crippen LogP contribution in [-0.2, 0) is 9.53 Å². The SMILES string of the molecule is Cc1nc(-c2ccccc2)sc1C(=O)O[C@@H](C)C(=O)Nc1ccc(C#N)cc1. The summed E-state index contributed by atoms with van der Waals surface area (Å²) in [7, 11) is 0. The maximum absolute atomic E-state index is 12.5. The van der Waals surface area contributed by atoms with Gasteiger partial charge >= 0.3 is 5.97 Å². The molecule has 0 fully saturated rings. The van der Waals surface area contributed by atoms with Crippen molar-refractivity contribution in [3.8, 4) is 16.6 Å². The number of rotatable bonds is 5. The van der Waals surface area contributed by atoms with Crippen LogP contribution >= 0.6 is 11.3 Å². The number of nitrogens with zero attached hydrogens (tertiary/aromatic N) is 2. The Morgan fingerprint density at radius 2 is 1.82 bits per heavy atom. The molecule has 0 bridgehead atoms. The number of thiazole rings is 1. The number of nitriles is 1. The first-order valence-electron chi connectivity index (χ1n) is 8.53. The molecular weight excluding hydrogens is 374 g/mol. The highest BCUT2D eigenvalue weighted by atomic mass is 32.1. The van der Waals surface area contributed by atoms with E-state index < -0.39 is 18.0 Å². The van der Waals surface area contributed by atoms with Crippen molar-refractivity contribution in [1.82, 2.24) is 4.98 Å². The van der Waals surface area contributed by atoms with Gasteiger partial charge in [-0.3, -0.25) is 4.79 Å². The van der Waals surface area contributed by atoms with E-state index in [0.29, 0.717) is 21.8 Å². The number of aryl methyl sites for hydroxylation is 1. The fourth-order valence-electron chi connectivity index (χ4n) is 2.43. The molecular formula is C21H17N3O3S. The Morgan fingerprint density at radius 3 is 2.46 bits per heavy atom. The maximum Gasteiger partial charge on any atom is 0.351 e. The van der Waals surface area contributed by atoms with Crippen LogP contribution in [0.15, 0.2) is 54.6 Å². The van der Waals surface area contributed by atoms with E-state index in [0.717, 1.165) is 10.6 Å². The van der Waals surface area contributed by atoms with Crippen molar-refractivity contribution in [1.29, 1.82) is 5.26 Å².